The number of nitrogens with one attached hydrogen (secondary N) is 1. The Morgan fingerprint density at radius 2 is 2.05 bits per heavy atom. The maximum absolute atomic E-state index is 11.8. The molecule has 108 valence electrons. The normalized spacial score (nSPS) is 15.3. The summed E-state index contributed by atoms with van der Waals surface area (Å²) >= 11 is 0. The average Bonchev–Trinajstić information content (AvgIpc) is 2.47. The fourth-order valence-corrected chi connectivity index (χ4v) is 2.55. The number of amides is 1. The Hall–Kier alpha value is -2.53. The second-order valence-electron chi connectivity index (χ2n) is 5.13. The molecule has 0 fully saturated rings. The number of nitrogen functional groups attached to an aromatic ring is 1. The molecule has 1 atom stereocenters. The van der Waals surface area contributed by atoms with Crippen LogP contribution >= 0.6 is 0 Å². The van der Waals surface area contributed by atoms with Gasteiger partial charge in [0, 0.05) is 12.2 Å². The number of hydrogen-bond acceptors (Lipinski definition) is 4. The number of aliphatic hydroxyl groups is 1. The third-order valence-corrected chi connectivity index (χ3v) is 3.54. The summed E-state index contributed by atoms with van der Waals surface area (Å²) in [4.78, 5) is 13.6. The number of hydrogen-bond donors (Lipinski definition) is 3. The molecule has 0 aromatic heterocycles. The molecule has 0 spiro atoms. The van der Waals surface area contributed by atoms with Gasteiger partial charge in [-0.25, -0.2) is 0 Å². The van der Waals surface area contributed by atoms with Gasteiger partial charge >= 0.3 is 0 Å². The number of carbonyl (C=O) groups is 1. The molecule has 0 aliphatic carbocycles. The first-order chi connectivity index (χ1) is 10.1. The van der Waals surface area contributed by atoms with Crippen molar-refractivity contribution in [2.75, 3.05) is 29.0 Å². The summed E-state index contributed by atoms with van der Waals surface area (Å²) in [6.45, 7) is 0.574. The molecular weight excluding hydrogens is 266 g/mol. The van der Waals surface area contributed by atoms with E-state index in [1.54, 1.807) is 12.1 Å². The van der Waals surface area contributed by atoms with E-state index in [-0.39, 0.29) is 12.5 Å². The zero-order valence-corrected chi connectivity index (χ0v) is 11.5. The molecule has 1 amide bonds. The zero-order chi connectivity index (χ0) is 14.8. The topological polar surface area (TPSA) is 78.6 Å². The molecule has 3 rings (SSSR count). The average molecular weight is 283 g/mol. The fraction of sp³-hybridized carbons (Fsp3) is 0.188. The number of nitrogens with two attached hydrogens (primary N) is 1. The van der Waals surface area contributed by atoms with Crippen molar-refractivity contribution < 1.29 is 9.90 Å². The molecule has 2 aromatic rings. The fourth-order valence-electron chi connectivity index (χ4n) is 2.55. The first kappa shape index (κ1) is 13.5. The molecule has 0 radical (unpaired) electrons. The Morgan fingerprint density at radius 3 is 2.86 bits per heavy atom. The Labute approximate surface area is 123 Å². The number of carbonyl (C=O) groups excluding carboxylic acids is 1. The molecule has 0 bridgehead atoms. The molecule has 0 saturated heterocycles. The Morgan fingerprint density at radius 1 is 1.24 bits per heavy atom. The van der Waals surface area contributed by atoms with Crippen molar-refractivity contribution in [1.29, 1.82) is 0 Å². The van der Waals surface area contributed by atoms with Gasteiger partial charge in [0.2, 0.25) is 5.91 Å². The van der Waals surface area contributed by atoms with Gasteiger partial charge in [0.05, 0.1) is 24.0 Å². The van der Waals surface area contributed by atoms with Crippen LogP contribution in [-0.2, 0) is 4.79 Å². The summed E-state index contributed by atoms with van der Waals surface area (Å²) in [7, 11) is 0. The third-order valence-electron chi connectivity index (χ3n) is 3.54. The van der Waals surface area contributed by atoms with Crippen molar-refractivity contribution in [2.45, 2.75) is 6.10 Å². The number of fused-ring (bicyclic) bond motifs is 1. The summed E-state index contributed by atoms with van der Waals surface area (Å²) in [6, 6.07) is 14.7. The van der Waals surface area contributed by atoms with Crippen LogP contribution in [0.2, 0.25) is 0 Å². The molecule has 21 heavy (non-hydrogen) atoms. The van der Waals surface area contributed by atoms with Crippen LogP contribution in [0, 0.1) is 0 Å². The van der Waals surface area contributed by atoms with E-state index in [2.05, 4.69) is 5.32 Å². The van der Waals surface area contributed by atoms with Crippen LogP contribution in [0.5, 0.6) is 0 Å². The lowest BCUT2D eigenvalue weighted by atomic mass is 10.1. The third kappa shape index (κ3) is 2.83. The van der Waals surface area contributed by atoms with Crippen LogP contribution < -0.4 is 16.0 Å². The highest BCUT2D eigenvalue weighted by Gasteiger charge is 2.23. The van der Waals surface area contributed by atoms with Crippen molar-refractivity contribution in [1.82, 2.24) is 0 Å². The lowest BCUT2D eigenvalue weighted by molar-refractivity contribution is -0.115. The first-order valence-corrected chi connectivity index (χ1v) is 6.81. The Bertz CT molecular complexity index is 672. The molecule has 0 saturated carbocycles. The SMILES string of the molecule is Nc1cccc(C(O)CN2CC(=O)Nc3ccccc32)c1. The van der Waals surface area contributed by atoms with Crippen molar-refractivity contribution in [3.63, 3.8) is 0 Å². The van der Waals surface area contributed by atoms with Gasteiger partial charge in [0.25, 0.3) is 0 Å². The van der Waals surface area contributed by atoms with E-state index >= 15 is 0 Å². The van der Waals surface area contributed by atoms with Gasteiger partial charge in [-0.3, -0.25) is 4.79 Å². The Balaban J connectivity index is 1.83. The van der Waals surface area contributed by atoms with Gasteiger partial charge in [-0.2, -0.15) is 0 Å². The molecule has 1 aliphatic rings. The lowest BCUT2D eigenvalue weighted by Gasteiger charge is -2.32. The number of para-hydroxylation sites is 2. The van der Waals surface area contributed by atoms with Crippen molar-refractivity contribution in [2.24, 2.45) is 0 Å². The van der Waals surface area contributed by atoms with Crippen LogP contribution in [-0.4, -0.2) is 24.1 Å². The highest BCUT2D eigenvalue weighted by atomic mass is 16.3. The molecule has 2 aromatic carbocycles. The zero-order valence-electron chi connectivity index (χ0n) is 11.5. The predicted octanol–water partition coefficient (Wildman–Crippen LogP) is 1.76. The van der Waals surface area contributed by atoms with E-state index < -0.39 is 6.10 Å². The van der Waals surface area contributed by atoms with Crippen molar-refractivity contribution in [3.8, 4) is 0 Å². The minimum absolute atomic E-state index is 0.0755. The van der Waals surface area contributed by atoms with Crippen LogP contribution in [0.3, 0.4) is 0 Å². The van der Waals surface area contributed by atoms with Crippen molar-refractivity contribution >= 4 is 23.0 Å². The number of anilines is 3. The summed E-state index contributed by atoms with van der Waals surface area (Å²) in [6.07, 6.45) is -0.701. The summed E-state index contributed by atoms with van der Waals surface area (Å²) in [5, 5.41) is 13.2. The summed E-state index contributed by atoms with van der Waals surface area (Å²) in [5.41, 5.74) is 8.79. The molecule has 1 heterocycles. The Kier molecular flexibility index (Phi) is 3.50. The van der Waals surface area contributed by atoms with Crippen LogP contribution in [0.4, 0.5) is 17.1 Å². The summed E-state index contributed by atoms with van der Waals surface area (Å²) in [5.74, 6) is -0.0755. The highest BCUT2D eigenvalue weighted by Crippen LogP contribution is 2.30. The number of aliphatic hydroxyl groups excluding tert-OH is 1. The van der Waals surface area contributed by atoms with Gasteiger partial charge in [0.1, 0.15) is 0 Å². The number of β-amino-alcohol motifs (C(OH)–C–C–N with tert-alkyl or cyclic N) is 1. The van der Waals surface area contributed by atoms with E-state index in [9.17, 15) is 9.90 Å². The van der Waals surface area contributed by atoms with Gasteiger partial charge < -0.3 is 21.1 Å². The van der Waals surface area contributed by atoms with E-state index in [0.29, 0.717) is 12.2 Å². The molecule has 5 nitrogen and oxygen atoms in total. The lowest BCUT2D eigenvalue weighted by Crippen LogP contribution is -2.40. The van der Waals surface area contributed by atoms with Crippen LogP contribution in [0.15, 0.2) is 48.5 Å². The number of benzene rings is 2. The van der Waals surface area contributed by atoms with Gasteiger partial charge in [-0.05, 0) is 29.8 Å². The maximum Gasteiger partial charge on any atom is 0.243 e. The maximum atomic E-state index is 11.8. The minimum Gasteiger partial charge on any atom is -0.399 e. The molecule has 1 unspecified atom stereocenters. The second kappa shape index (κ2) is 5.46. The smallest absolute Gasteiger partial charge is 0.243 e. The minimum atomic E-state index is -0.701. The standard InChI is InChI=1S/C16H17N3O2/c17-12-5-3-4-11(8-12)15(20)9-19-10-16(21)18-13-6-1-2-7-14(13)19/h1-8,15,20H,9-10,17H2,(H,18,21). The van der Waals surface area contributed by atoms with E-state index in [0.717, 1.165) is 16.9 Å². The molecule has 4 N–H and O–H groups in total. The monoisotopic (exact) mass is 283 g/mol. The van der Waals surface area contributed by atoms with Gasteiger partial charge in [-0.15, -0.1) is 0 Å². The number of rotatable bonds is 3. The first-order valence-electron chi connectivity index (χ1n) is 6.81. The largest absolute Gasteiger partial charge is 0.399 e. The van der Waals surface area contributed by atoms with Crippen molar-refractivity contribution in [3.05, 3.63) is 54.1 Å². The van der Waals surface area contributed by atoms with E-state index in [1.807, 2.05) is 41.3 Å². The number of nitrogens with zero attached hydrogens (tertiary/aromatic N) is 1. The van der Waals surface area contributed by atoms with Crippen LogP contribution in [0.1, 0.15) is 11.7 Å². The molecule has 1 aliphatic heterocycles. The van der Waals surface area contributed by atoms with Gasteiger partial charge in [0.15, 0.2) is 0 Å². The second-order valence-corrected chi connectivity index (χ2v) is 5.13. The highest BCUT2D eigenvalue weighted by molar-refractivity contribution is 6.01. The van der Waals surface area contributed by atoms with E-state index in [4.69, 9.17) is 5.73 Å². The van der Waals surface area contributed by atoms with Crippen LogP contribution in [0.25, 0.3) is 0 Å². The quantitative estimate of drug-likeness (QED) is 0.750. The molecule has 5 heteroatoms. The van der Waals surface area contributed by atoms with Gasteiger partial charge in [-0.1, -0.05) is 24.3 Å². The predicted molar refractivity (Wildman–Crippen MR) is 83.1 cm³/mol. The molecular formula is C16H17N3O2. The summed E-state index contributed by atoms with van der Waals surface area (Å²) < 4.78 is 0. The van der Waals surface area contributed by atoms with E-state index in [1.165, 1.54) is 0 Å².